The van der Waals surface area contributed by atoms with Crippen LogP contribution in [0.3, 0.4) is 0 Å². The van der Waals surface area contributed by atoms with Gasteiger partial charge in [-0.2, -0.15) is 11.8 Å². The zero-order valence-corrected chi connectivity index (χ0v) is 15.2. The van der Waals surface area contributed by atoms with Crippen LogP contribution in [0.2, 0.25) is 0 Å². The van der Waals surface area contributed by atoms with Gasteiger partial charge in [0.25, 0.3) is 0 Å². The van der Waals surface area contributed by atoms with Crippen LogP contribution in [-0.4, -0.2) is 46.8 Å². The van der Waals surface area contributed by atoms with Gasteiger partial charge >= 0.3 is 6.03 Å². The summed E-state index contributed by atoms with van der Waals surface area (Å²) in [4.78, 5) is 17.0. The Bertz CT molecular complexity index is 623. The van der Waals surface area contributed by atoms with E-state index >= 15 is 0 Å². The van der Waals surface area contributed by atoms with Crippen molar-refractivity contribution in [1.29, 1.82) is 0 Å². The first-order valence-corrected chi connectivity index (χ1v) is 9.27. The van der Waals surface area contributed by atoms with Gasteiger partial charge in [-0.3, -0.25) is 9.88 Å². The highest BCUT2D eigenvalue weighted by Gasteiger charge is 2.16. The second-order valence-corrected chi connectivity index (χ2v) is 6.01. The van der Waals surface area contributed by atoms with Crippen LogP contribution in [0.15, 0.2) is 18.5 Å². The van der Waals surface area contributed by atoms with Crippen molar-refractivity contribution in [2.75, 3.05) is 30.5 Å². The quantitative estimate of drug-likeness (QED) is 0.832. The number of thioether (sulfide) groups is 1. The summed E-state index contributed by atoms with van der Waals surface area (Å²) in [6.45, 7) is 4.59. The number of anilines is 1. The average molecular weight is 357 g/mol. The molecule has 0 aliphatic carbocycles. The van der Waals surface area contributed by atoms with E-state index in [1.807, 2.05) is 20.1 Å². The van der Waals surface area contributed by atoms with Crippen molar-refractivity contribution in [3.8, 4) is 10.6 Å². The lowest BCUT2D eigenvalue weighted by Gasteiger charge is -2.13. The molecule has 0 aliphatic heterocycles. The van der Waals surface area contributed by atoms with E-state index in [0.717, 1.165) is 11.9 Å². The van der Waals surface area contributed by atoms with Crippen molar-refractivity contribution in [2.24, 2.45) is 0 Å². The van der Waals surface area contributed by atoms with Crippen LogP contribution < -0.4 is 10.2 Å². The van der Waals surface area contributed by atoms with Gasteiger partial charge < -0.3 is 5.32 Å². The minimum Gasteiger partial charge on any atom is -0.337 e. The Morgan fingerprint density at radius 3 is 2.78 bits per heavy atom. The van der Waals surface area contributed by atoms with Gasteiger partial charge in [0.2, 0.25) is 5.13 Å². The SMILES string of the molecule is CC.CSCCNC(=O)N(C)c1nnc(-c2cncc(F)c2)s1. The van der Waals surface area contributed by atoms with E-state index < -0.39 is 5.82 Å². The van der Waals surface area contributed by atoms with Gasteiger partial charge in [-0.25, -0.2) is 9.18 Å². The van der Waals surface area contributed by atoms with Crippen LogP contribution in [0.5, 0.6) is 0 Å². The number of pyridine rings is 1. The summed E-state index contributed by atoms with van der Waals surface area (Å²) in [5, 5.41) is 11.6. The smallest absolute Gasteiger partial charge is 0.323 e. The molecule has 2 aromatic rings. The summed E-state index contributed by atoms with van der Waals surface area (Å²) < 4.78 is 13.1. The third-order valence-corrected chi connectivity index (χ3v) is 4.20. The Hall–Kier alpha value is -1.74. The normalized spacial score (nSPS) is 9.78. The highest BCUT2D eigenvalue weighted by Crippen LogP contribution is 2.27. The maximum Gasteiger partial charge on any atom is 0.323 e. The maximum atomic E-state index is 13.1. The van der Waals surface area contributed by atoms with Gasteiger partial charge in [-0.15, -0.1) is 10.2 Å². The summed E-state index contributed by atoms with van der Waals surface area (Å²) >= 11 is 2.85. The molecule has 0 spiro atoms. The molecule has 2 heterocycles. The molecule has 2 aromatic heterocycles. The number of carbonyl (C=O) groups is 1. The lowest BCUT2D eigenvalue weighted by atomic mass is 10.3. The van der Waals surface area contributed by atoms with Crippen molar-refractivity contribution in [3.05, 3.63) is 24.3 Å². The Labute approximate surface area is 143 Å². The number of nitrogens with zero attached hydrogens (tertiary/aromatic N) is 4. The lowest BCUT2D eigenvalue weighted by molar-refractivity contribution is 0.248. The summed E-state index contributed by atoms with van der Waals surface area (Å²) in [5.41, 5.74) is 0.537. The van der Waals surface area contributed by atoms with E-state index in [0.29, 0.717) is 22.2 Å². The molecule has 9 heteroatoms. The van der Waals surface area contributed by atoms with E-state index in [-0.39, 0.29) is 6.03 Å². The van der Waals surface area contributed by atoms with Crippen molar-refractivity contribution >= 4 is 34.3 Å². The number of nitrogens with one attached hydrogen (secondary N) is 1. The lowest BCUT2D eigenvalue weighted by Crippen LogP contribution is -2.38. The van der Waals surface area contributed by atoms with Crippen molar-refractivity contribution < 1.29 is 9.18 Å². The standard InChI is InChI=1S/C12H14FN5OS2.C2H6/c1-18(11(19)15-3-4-20-2)12-17-16-10(21-12)8-5-9(13)7-14-6-8;1-2/h5-7H,3-4H2,1-2H3,(H,15,19);1-2H3. The first-order valence-electron chi connectivity index (χ1n) is 7.06. The topological polar surface area (TPSA) is 71.0 Å². The third-order valence-electron chi connectivity index (χ3n) is 2.54. The van der Waals surface area contributed by atoms with Gasteiger partial charge in [-0.05, 0) is 12.3 Å². The van der Waals surface area contributed by atoms with Crippen LogP contribution in [0.4, 0.5) is 14.3 Å². The van der Waals surface area contributed by atoms with E-state index in [1.165, 1.54) is 28.5 Å². The maximum absolute atomic E-state index is 13.1. The number of halogens is 1. The van der Waals surface area contributed by atoms with Crippen molar-refractivity contribution in [1.82, 2.24) is 20.5 Å². The molecule has 2 amide bonds. The third kappa shape index (κ3) is 5.76. The number of aromatic nitrogens is 3. The van der Waals surface area contributed by atoms with Crippen LogP contribution in [0.1, 0.15) is 13.8 Å². The highest BCUT2D eigenvalue weighted by atomic mass is 32.2. The fourth-order valence-corrected chi connectivity index (χ4v) is 2.55. The minimum atomic E-state index is -0.438. The molecule has 126 valence electrons. The summed E-state index contributed by atoms with van der Waals surface area (Å²) in [6, 6.07) is 1.08. The fourth-order valence-electron chi connectivity index (χ4n) is 1.46. The molecule has 0 aliphatic rings. The van der Waals surface area contributed by atoms with Crippen LogP contribution in [0, 0.1) is 5.82 Å². The van der Waals surface area contributed by atoms with Gasteiger partial charge in [0.05, 0.1) is 6.20 Å². The van der Waals surface area contributed by atoms with Crippen molar-refractivity contribution in [2.45, 2.75) is 13.8 Å². The van der Waals surface area contributed by atoms with E-state index in [4.69, 9.17) is 0 Å². The molecular formula is C14H20FN5OS2. The summed E-state index contributed by atoms with van der Waals surface area (Å²) in [5.74, 6) is 0.406. The minimum absolute atomic E-state index is 0.246. The first kappa shape index (κ1) is 19.3. The molecule has 6 nitrogen and oxygen atoms in total. The fraction of sp³-hybridized carbons (Fsp3) is 0.429. The number of hydrogen-bond acceptors (Lipinski definition) is 6. The van der Waals surface area contributed by atoms with Crippen LogP contribution >= 0.6 is 23.1 Å². The van der Waals surface area contributed by atoms with Crippen molar-refractivity contribution in [3.63, 3.8) is 0 Å². The van der Waals surface area contributed by atoms with Gasteiger partial charge in [0, 0.05) is 31.1 Å². The molecular weight excluding hydrogens is 337 g/mol. The number of hydrogen-bond donors (Lipinski definition) is 1. The second-order valence-electron chi connectivity index (χ2n) is 4.07. The number of urea groups is 1. The summed E-state index contributed by atoms with van der Waals surface area (Å²) in [7, 11) is 1.61. The zero-order chi connectivity index (χ0) is 17.2. The second kappa shape index (κ2) is 10.1. The number of carbonyl (C=O) groups excluding carboxylic acids is 1. The molecule has 2 rings (SSSR count). The molecule has 0 unspecified atom stereocenters. The zero-order valence-electron chi connectivity index (χ0n) is 13.5. The number of rotatable bonds is 5. The summed E-state index contributed by atoms with van der Waals surface area (Å²) in [6.07, 6.45) is 4.60. The Balaban J connectivity index is 0.00000127. The Morgan fingerprint density at radius 2 is 2.13 bits per heavy atom. The van der Waals surface area contributed by atoms with E-state index in [1.54, 1.807) is 18.8 Å². The molecule has 0 atom stereocenters. The van der Waals surface area contributed by atoms with Crippen LogP contribution in [0.25, 0.3) is 10.6 Å². The molecule has 0 radical (unpaired) electrons. The molecule has 0 fully saturated rings. The van der Waals surface area contributed by atoms with Gasteiger partial charge in [0.1, 0.15) is 5.82 Å². The average Bonchev–Trinajstić information content (AvgIpc) is 3.06. The highest BCUT2D eigenvalue weighted by molar-refractivity contribution is 7.98. The molecule has 0 bridgehead atoms. The van der Waals surface area contributed by atoms with E-state index in [9.17, 15) is 9.18 Å². The predicted octanol–water partition coefficient (Wildman–Crippen LogP) is 3.27. The Morgan fingerprint density at radius 1 is 1.39 bits per heavy atom. The Kier molecular flexibility index (Phi) is 8.49. The predicted molar refractivity (Wildman–Crippen MR) is 94.6 cm³/mol. The molecule has 0 saturated heterocycles. The molecule has 23 heavy (non-hydrogen) atoms. The molecule has 1 N–H and O–H groups in total. The van der Waals surface area contributed by atoms with Gasteiger partial charge in [0.15, 0.2) is 5.01 Å². The number of amides is 2. The molecule has 0 saturated carbocycles. The monoisotopic (exact) mass is 357 g/mol. The van der Waals surface area contributed by atoms with Gasteiger partial charge in [-0.1, -0.05) is 25.2 Å². The molecule has 0 aromatic carbocycles. The first-order chi connectivity index (χ1) is 11.1. The largest absolute Gasteiger partial charge is 0.337 e. The van der Waals surface area contributed by atoms with Crippen LogP contribution in [-0.2, 0) is 0 Å². The van der Waals surface area contributed by atoms with E-state index in [2.05, 4.69) is 20.5 Å².